The van der Waals surface area contributed by atoms with Crippen LogP contribution in [0.2, 0.25) is 0 Å². The van der Waals surface area contributed by atoms with Crippen molar-refractivity contribution < 1.29 is 25.2 Å². The molecule has 0 saturated heterocycles. The molecule has 0 radical (unpaired) electrons. The van der Waals surface area contributed by atoms with Crippen LogP contribution in [0.1, 0.15) is 19.3 Å². The van der Waals surface area contributed by atoms with E-state index >= 15 is 0 Å². The van der Waals surface area contributed by atoms with Gasteiger partial charge in [-0.25, -0.2) is 0 Å². The molecule has 15 heavy (non-hydrogen) atoms. The average Bonchev–Trinajstić information content (AvgIpc) is 2.16. The number of amides is 1. The topological polar surface area (TPSA) is 124 Å². The zero-order valence-electron chi connectivity index (χ0n) is 8.54. The van der Waals surface area contributed by atoms with Crippen molar-refractivity contribution >= 4 is 5.91 Å². The Kier molecular flexibility index (Phi) is 7.23. The Balaban J connectivity index is 4.11. The Bertz CT molecular complexity index is 175. The number of aliphatic hydroxyl groups is 4. The predicted octanol–water partition coefficient (Wildman–Crippen LogP) is -2.04. The number of nitrogens with two attached hydrogens (primary N) is 1. The first-order valence-electron chi connectivity index (χ1n) is 4.85. The third-order valence-electron chi connectivity index (χ3n) is 2.12. The molecule has 0 aliphatic heterocycles. The second-order valence-corrected chi connectivity index (χ2v) is 3.68. The lowest BCUT2D eigenvalue weighted by atomic mass is 9.92. The fourth-order valence-corrected chi connectivity index (χ4v) is 1.47. The number of carbonyl (C=O) groups is 1. The molecule has 2 unspecified atom stereocenters. The third kappa shape index (κ3) is 7.26. The van der Waals surface area contributed by atoms with E-state index in [2.05, 4.69) is 0 Å². The van der Waals surface area contributed by atoms with Crippen LogP contribution in [-0.4, -0.2) is 51.8 Å². The Morgan fingerprint density at radius 2 is 1.47 bits per heavy atom. The molecule has 0 aliphatic carbocycles. The average molecular weight is 221 g/mol. The SMILES string of the molecule is NC(=O)CC(CC(O)CO)CC(O)CO. The largest absolute Gasteiger partial charge is 0.394 e. The molecule has 2 atom stereocenters. The van der Waals surface area contributed by atoms with Crippen molar-refractivity contribution in [2.24, 2.45) is 11.7 Å². The second kappa shape index (κ2) is 7.58. The van der Waals surface area contributed by atoms with Gasteiger partial charge in [0.05, 0.1) is 25.4 Å². The zero-order chi connectivity index (χ0) is 11.8. The van der Waals surface area contributed by atoms with E-state index in [1.54, 1.807) is 0 Å². The van der Waals surface area contributed by atoms with Gasteiger partial charge in [-0.15, -0.1) is 0 Å². The van der Waals surface area contributed by atoms with Crippen LogP contribution in [0.3, 0.4) is 0 Å². The first-order chi connectivity index (χ1) is 6.99. The molecule has 0 aliphatic rings. The normalized spacial score (nSPS) is 17.1. The van der Waals surface area contributed by atoms with E-state index in [9.17, 15) is 15.0 Å². The van der Waals surface area contributed by atoms with Gasteiger partial charge in [-0.3, -0.25) is 4.79 Å². The lowest BCUT2D eigenvalue weighted by Crippen LogP contribution is -2.26. The van der Waals surface area contributed by atoms with Crippen molar-refractivity contribution in [3.05, 3.63) is 0 Å². The molecule has 6 N–H and O–H groups in total. The van der Waals surface area contributed by atoms with Crippen molar-refractivity contribution in [1.29, 1.82) is 0 Å². The number of aliphatic hydroxyl groups excluding tert-OH is 4. The van der Waals surface area contributed by atoms with E-state index < -0.39 is 31.3 Å². The molecule has 0 rings (SSSR count). The summed E-state index contributed by atoms with van der Waals surface area (Å²) in [6, 6.07) is 0. The van der Waals surface area contributed by atoms with Gasteiger partial charge >= 0.3 is 0 Å². The van der Waals surface area contributed by atoms with Gasteiger partial charge in [0, 0.05) is 6.42 Å². The fraction of sp³-hybridized carbons (Fsp3) is 0.889. The summed E-state index contributed by atoms with van der Waals surface area (Å²) in [6.45, 7) is -0.797. The highest BCUT2D eigenvalue weighted by Crippen LogP contribution is 2.17. The van der Waals surface area contributed by atoms with Gasteiger partial charge in [0.1, 0.15) is 0 Å². The van der Waals surface area contributed by atoms with E-state index in [0.717, 1.165) is 0 Å². The van der Waals surface area contributed by atoms with Crippen LogP contribution in [0.15, 0.2) is 0 Å². The molecule has 6 heteroatoms. The van der Waals surface area contributed by atoms with Crippen LogP contribution in [0.5, 0.6) is 0 Å². The van der Waals surface area contributed by atoms with E-state index in [1.807, 2.05) is 0 Å². The highest BCUT2D eigenvalue weighted by atomic mass is 16.3. The summed E-state index contributed by atoms with van der Waals surface area (Å²) in [4.78, 5) is 10.7. The minimum absolute atomic E-state index is 0.0219. The van der Waals surface area contributed by atoms with Gasteiger partial charge in [-0.1, -0.05) is 0 Å². The van der Waals surface area contributed by atoms with Gasteiger partial charge in [-0.05, 0) is 18.8 Å². The fourth-order valence-electron chi connectivity index (χ4n) is 1.47. The molecule has 0 aromatic heterocycles. The van der Waals surface area contributed by atoms with Gasteiger partial charge < -0.3 is 26.2 Å². The molecule has 6 nitrogen and oxygen atoms in total. The minimum atomic E-state index is -0.930. The Labute approximate surface area is 88.3 Å². The molecular formula is C9H19NO5. The molecule has 90 valence electrons. The molecule has 0 bridgehead atoms. The number of hydrogen-bond acceptors (Lipinski definition) is 5. The lowest BCUT2D eigenvalue weighted by molar-refractivity contribution is -0.119. The molecule has 0 spiro atoms. The molecule has 0 aromatic rings. The molecule has 0 aromatic carbocycles. The van der Waals surface area contributed by atoms with Crippen LogP contribution in [0, 0.1) is 5.92 Å². The highest BCUT2D eigenvalue weighted by molar-refractivity contribution is 5.73. The van der Waals surface area contributed by atoms with Crippen molar-refractivity contribution in [1.82, 2.24) is 0 Å². The van der Waals surface area contributed by atoms with Crippen LogP contribution in [-0.2, 0) is 4.79 Å². The van der Waals surface area contributed by atoms with Gasteiger partial charge in [0.2, 0.25) is 5.91 Å². The molecule has 0 heterocycles. The summed E-state index contributed by atoms with van der Waals surface area (Å²) in [5.41, 5.74) is 5.00. The Morgan fingerprint density at radius 1 is 1.07 bits per heavy atom. The minimum Gasteiger partial charge on any atom is -0.394 e. The van der Waals surface area contributed by atoms with E-state index in [1.165, 1.54) is 0 Å². The van der Waals surface area contributed by atoms with Crippen molar-refractivity contribution in [3.63, 3.8) is 0 Å². The summed E-state index contributed by atoms with van der Waals surface area (Å²) in [6.07, 6.45) is -1.48. The maximum Gasteiger partial charge on any atom is 0.217 e. The molecule has 1 amide bonds. The van der Waals surface area contributed by atoms with Gasteiger partial charge in [0.25, 0.3) is 0 Å². The van der Waals surface area contributed by atoms with Gasteiger partial charge in [0.15, 0.2) is 0 Å². The van der Waals surface area contributed by atoms with Crippen LogP contribution in [0.25, 0.3) is 0 Å². The smallest absolute Gasteiger partial charge is 0.217 e. The van der Waals surface area contributed by atoms with Crippen LogP contribution < -0.4 is 5.73 Å². The van der Waals surface area contributed by atoms with Crippen molar-refractivity contribution in [3.8, 4) is 0 Å². The summed E-state index contributed by atoms with van der Waals surface area (Å²) in [5, 5.41) is 35.6. The quantitative estimate of drug-likeness (QED) is 0.323. The second-order valence-electron chi connectivity index (χ2n) is 3.68. The first kappa shape index (κ1) is 14.3. The lowest BCUT2D eigenvalue weighted by Gasteiger charge is -2.20. The Hall–Kier alpha value is -0.690. The summed E-state index contributed by atoms with van der Waals surface area (Å²) >= 11 is 0. The van der Waals surface area contributed by atoms with E-state index in [0.29, 0.717) is 0 Å². The Morgan fingerprint density at radius 3 is 1.73 bits per heavy atom. The molecule has 0 saturated carbocycles. The standard InChI is InChI=1S/C9H19NO5/c10-9(15)3-6(1-7(13)4-11)2-8(14)5-12/h6-8,11-14H,1-5H2,(H2,10,15). The van der Waals surface area contributed by atoms with E-state index in [4.69, 9.17) is 15.9 Å². The predicted molar refractivity (Wildman–Crippen MR) is 52.7 cm³/mol. The monoisotopic (exact) mass is 221 g/mol. The number of carbonyl (C=O) groups excluding carboxylic acids is 1. The number of primary amides is 1. The van der Waals surface area contributed by atoms with E-state index in [-0.39, 0.29) is 25.2 Å². The van der Waals surface area contributed by atoms with Crippen molar-refractivity contribution in [2.45, 2.75) is 31.5 Å². The summed E-state index contributed by atoms with van der Waals surface area (Å²) in [7, 11) is 0. The maximum absolute atomic E-state index is 10.7. The maximum atomic E-state index is 10.7. The van der Waals surface area contributed by atoms with Gasteiger partial charge in [-0.2, -0.15) is 0 Å². The van der Waals surface area contributed by atoms with Crippen LogP contribution in [0.4, 0.5) is 0 Å². The van der Waals surface area contributed by atoms with Crippen molar-refractivity contribution in [2.75, 3.05) is 13.2 Å². The number of rotatable bonds is 8. The molecule has 0 fully saturated rings. The highest BCUT2D eigenvalue weighted by Gasteiger charge is 2.19. The first-order valence-corrected chi connectivity index (χ1v) is 4.85. The molecular weight excluding hydrogens is 202 g/mol. The zero-order valence-corrected chi connectivity index (χ0v) is 8.54. The third-order valence-corrected chi connectivity index (χ3v) is 2.12. The van der Waals surface area contributed by atoms with Crippen LogP contribution >= 0.6 is 0 Å². The summed E-state index contributed by atoms with van der Waals surface area (Å²) < 4.78 is 0. The number of hydrogen-bond donors (Lipinski definition) is 5. The summed E-state index contributed by atoms with van der Waals surface area (Å²) in [5.74, 6) is -0.859.